The molecule has 1 saturated carbocycles. The summed E-state index contributed by atoms with van der Waals surface area (Å²) in [7, 11) is 0. The van der Waals surface area contributed by atoms with Gasteiger partial charge in [0.2, 0.25) is 0 Å². The number of hydrogen-bond donors (Lipinski definition) is 1. The molecule has 0 aromatic rings. The van der Waals surface area contributed by atoms with Gasteiger partial charge in [-0.25, -0.2) is 0 Å². The maximum atomic E-state index is 10.8. The molecule has 1 N–H and O–H groups in total. The van der Waals surface area contributed by atoms with Crippen LogP contribution < -0.4 is 0 Å². The Morgan fingerprint density at radius 3 is 2.56 bits per heavy atom. The van der Waals surface area contributed by atoms with E-state index in [-0.39, 0.29) is 11.7 Å². The number of hydrogen-bond acceptors (Lipinski definition) is 3. The molecule has 2 saturated heterocycles. The van der Waals surface area contributed by atoms with E-state index in [0.717, 1.165) is 25.9 Å². The first-order valence-electron chi connectivity index (χ1n) is 6.63. The summed E-state index contributed by atoms with van der Waals surface area (Å²) in [5, 5.41) is 10.8. The van der Waals surface area contributed by atoms with Gasteiger partial charge in [-0.15, -0.1) is 0 Å². The Hall–Kier alpha value is -0.120. The van der Waals surface area contributed by atoms with E-state index in [1.807, 2.05) is 6.92 Å². The molecule has 1 aliphatic carbocycles. The van der Waals surface area contributed by atoms with Crippen molar-refractivity contribution in [3.05, 3.63) is 0 Å². The molecule has 3 rings (SSSR count). The lowest BCUT2D eigenvalue weighted by molar-refractivity contribution is -0.183. The normalized spacial score (nSPS) is 46.9. The third kappa shape index (κ3) is 1.52. The van der Waals surface area contributed by atoms with Crippen molar-refractivity contribution in [2.24, 2.45) is 5.92 Å². The van der Waals surface area contributed by atoms with Crippen LogP contribution in [0.5, 0.6) is 0 Å². The van der Waals surface area contributed by atoms with Gasteiger partial charge in [-0.2, -0.15) is 0 Å². The molecule has 3 heteroatoms. The SMILES string of the molecule is CC1OCCC1(O)C1CCOC2(CCC2)C1. The summed E-state index contributed by atoms with van der Waals surface area (Å²) in [4.78, 5) is 0. The summed E-state index contributed by atoms with van der Waals surface area (Å²) in [5.41, 5.74) is -0.465. The average Bonchev–Trinajstić information content (AvgIpc) is 2.59. The number of aliphatic hydroxyl groups is 1. The van der Waals surface area contributed by atoms with Crippen LogP contribution in [0.15, 0.2) is 0 Å². The van der Waals surface area contributed by atoms with E-state index in [1.165, 1.54) is 19.3 Å². The molecule has 0 bridgehead atoms. The minimum atomic E-state index is -0.591. The topological polar surface area (TPSA) is 38.7 Å². The summed E-state index contributed by atoms with van der Waals surface area (Å²) in [5.74, 6) is 0.374. The molecule has 0 aromatic carbocycles. The minimum absolute atomic E-state index is 0.00673. The molecule has 2 aliphatic heterocycles. The van der Waals surface area contributed by atoms with Gasteiger partial charge < -0.3 is 14.6 Å². The Bertz CT molecular complexity index is 274. The quantitative estimate of drug-likeness (QED) is 0.742. The van der Waals surface area contributed by atoms with Crippen LogP contribution in [0.1, 0.15) is 45.4 Å². The van der Waals surface area contributed by atoms with E-state index >= 15 is 0 Å². The zero-order valence-electron chi connectivity index (χ0n) is 10.1. The largest absolute Gasteiger partial charge is 0.387 e. The average molecular weight is 226 g/mol. The highest BCUT2D eigenvalue weighted by Gasteiger charge is 2.52. The highest BCUT2D eigenvalue weighted by molar-refractivity contribution is 5.03. The zero-order chi connectivity index (χ0) is 11.2. The fourth-order valence-corrected chi connectivity index (χ4v) is 3.66. The van der Waals surface area contributed by atoms with E-state index in [1.54, 1.807) is 0 Å². The van der Waals surface area contributed by atoms with Crippen LogP contribution in [0.3, 0.4) is 0 Å². The Labute approximate surface area is 97.1 Å². The van der Waals surface area contributed by atoms with Gasteiger partial charge in [0, 0.05) is 19.6 Å². The Balaban J connectivity index is 1.74. The molecule has 0 aromatic heterocycles. The molecular formula is C13H22O3. The van der Waals surface area contributed by atoms with Crippen LogP contribution in [0.2, 0.25) is 0 Å². The van der Waals surface area contributed by atoms with Crippen LogP contribution in [0.4, 0.5) is 0 Å². The number of rotatable bonds is 1. The summed E-state index contributed by atoms with van der Waals surface area (Å²) in [6.45, 7) is 3.54. The van der Waals surface area contributed by atoms with Crippen molar-refractivity contribution in [3.8, 4) is 0 Å². The molecule has 92 valence electrons. The van der Waals surface area contributed by atoms with Crippen LogP contribution in [-0.4, -0.2) is 35.6 Å². The van der Waals surface area contributed by atoms with Gasteiger partial charge in [0.05, 0.1) is 17.3 Å². The molecule has 0 radical (unpaired) electrons. The molecule has 3 unspecified atom stereocenters. The fraction of sp³-hybridized carbons (Fsp3) is 1.00. The highest BCUT2D eigenvalue weighted by atomic mass is 16.5. The second kappa shape index (κ2) is 3.69. The molecular weight excluding hydrogens is 204 g/mol. The van der Waals surface area contributed by atoms with Gasteiger partial charge >= 0.3 is 0 Å². The molecule has 1 spiro atoms. The van der Waals surface area contributed by atoms with Crippen LogP contribution in [0, 0.1) is 5.92 Å². The van der Waals surface area contributed by atoms with Crippen LogP contribution in [-0.2, 0) is 9.47 Å². The molecule has 3 fully saturated rings. The molecule has 2 heterocycles. The van der Waals surface area contributed by atoms with Crippen molar-refractivity contribution in [2.45, 2.75) is 62.8 Å². The third-order valence-electron chi connectivity index (χ3n) is 5.04. The summed E-state index contributed by atoms with van der Waals surface area (Å²) in [6, 6.07) is 0. The lowest BCUT2D eigenvalue weighted by Crippen LogP contribution is -2.53. The number of ether oxygens (including phenoxy) is 2. The molecule has 16 heavy (non-hydrogen) atoms. The van der Waals surface area contributed by atoms with Gasteiger partial charge in [0.1, 0.15) is 0 Å². The minimum Gasteiger partial charge on any atom is -0.387 e. The zero-order valence-corrected chi connectivity index (χ0v) is 10.1. The first kappa shape index (κ1) is 11.0. The van der Waals surface area contributed by atoms with Crippen LogP contribution in [0.25, 0.3) is 0 Å². The third-order valence-corrected chi connectivity index (χ3v) is 5.04. The Morgan fingerprint density at radius 2 is 2.00 bits per heavy atom. The van der Waals surface area contributed by atoms with E-state index in [4.69, 9.17) is 9.47 Å². The Morgan fingerprint density at radius 1 is 1.19 bits per heavy atom. The molecule has 3 nitrogen and oxygen atoms in total. The maximum absolute atomic E-state index is 10.8. The van der Waals surface area contributed by atoms with Crippen molar-refractivity contribution >= 4 is 0 Å². The van der Waals surface area contributed by atoms with Gasteiger partial charge in [-0.05, 0) is 44.9 Å². The fourth-order valence-electron chi connectivity index (χ4n) is 3.66. The van der Waals surface area contributed by atoms with Crippen molar-refractivity contribution in [3.63, 3.8) is 0 Å². The maximum Gasteiger partial charge on any atom is 0.0957 e. The van der Waals surface area contributed by atoms with Gasteiger partial charge in [0.25, 0.3) is 0 Å². The van der Waals surface area contributed by atoms with Crippen molar-refractivity contribution < 1.29 is 14.6 Å². The van der Waals surface area contributed by atoms with Crippen LogP contribution >= 0.6 is 0 Å². The van der Waals surface area contributed by atoms with Gasteiger partial charge in [-0.1, -0.05) is 0 Å². The summed E-state index contributed by atoms with van der Waals surface area (Å²) in [6.07, 6.45) is 6.49. The van der Waals surface area contributed by atoms with Gasteiger partial charge in [-0.3, -0.25) is 0 Å². The molecule has 3 aliphatic rings. The first-order chi connectivity index (χ1) is 7.65. The summed E-state index contributed by atoms with van der Waals surface area (Å²) >= 11 is 0. The standard InChI is InChI=1S/C13H22O3/c1-10-13(14,6-8-15-10)11-3-7-16-12(9-11)4-2-5-12/h10-11,14H,2-9H2,1H3. The monoisotopic (exact) mass is 226 g/mol. The predicted octanol–water partition coefficient (Wildman–Crippen LogP) is 1.88. The van der Waals surface area contributed by atoms with E-state index in [0.29, 0.717) is 12.5 Å². The van der Waals surface area contributed by atoms with Crippen molar-refractivity contribution in [1.29, 1.82) is 0 Å². The van der Waals surface area contributed by atoms with Crippen molar-refractivity contribution in [1.82, 2.24) is 0 Å². The lowest BCUT2D eigenvalue weighted by Gasteiger charge is -2.50. The van der Waals surface area contributed by atoms with E-state index in [9.17, 15) is 5.11 Å². The van der Waals surface area contributed by atoms with E-state index in [2.05, 4.69) is 0 Å². The van der Waals surface area contributed by atoms with Gasteiger partial charge in [0.15, 0.2) is 0 Å². The highest BCUT2D eigenvalue weighted by Crippen LogP contribution is 2.49. The molecule has 0 amide bonds. The Kier molecular flexibility index (Phi) is 2.54. The second-order valence-corrected chi connectivity index (χ2v) is 5.83. The lowest BCUT2D eigenvalue weighted by atomic mass is 9.66. The van der Waals surface area contributed by atoms with Crippen molar-refractivity contribution in [2.75, 3.05) is 13.2 Å². The smallest absolute Gasteiger partial charge is 0.0957 e. The molecule has 3 atom stereocenters. The second-order valence-electron chi connectivity index (χ2n) is 5.83. The summed E-state index contributed by atoms with van der Waals surface area (Å²) < 4.78 is 11.5. The first-order valence-corrected chi connectivity index (χ1v) is 6.63. The van der Waals surface area contributed by atoms with E-state index < -0.39 is 5.60 Å². The predicted molar refractivity (Wildman–Crippen MR) is 60.2 cm³/mol.